The third kappa shape index (κ3) is 4.00. The van der Waals surface area contributed by atoms with E-state index in [1.165, 1.54) is 24.5 Å². The first-order chi connectivity index (χ1) is 11.9. The number of benzene rings is 1. The van der Waals surface area contributed by atoms with E-state index in [4.69, 9.17) is 11.6 Å². The second kappa shape index (κ2) is 7.12. The molecule has 1 fully saturated rings. The zero-order chi connectivity index (χ0) is 18.0. The summed E-state index contributed by atoms with van der Waals surface area (Å²) in [6.45, 7) is 0. The summed E-state index contributed by atoms with van der Waals surface area (Å²) in [7, 11) is 0. The quantitative estimate of drug-likeness (QED) is 0.687. The van der Waals surface area contributed by atoms with Crippen molar-refractivity contribution in [3.05, 3.63) is 58.6 Å². The van der Waals surface area contributed by atoms with Gasteiger partial charge in [-0.25, -0.2) is 9.97 Å². The van der Waals surface area contributed by atoms with Gasteiger partial charge >= 0.3 is 6.18 Å². The molecule has 0 spiro atoms. The van der Waals surface area contributed by atoms with Gasteiger partial charge in [-0.2, -0.15) is 13.2 Å². The summed E-state index contributed by atoms with van der Waals surface area (Å²) >= 11 is 5.92. The topological polar surface area (TPSA) is 42.9 Å². The van der Waals surface area contributed by atoms with Crippen molar-refractivity contribution < 1.29 is 18.0 Å². The number of ketones is 1. The molecule has 25 heavy (non-hydrogen) atoms. The summed E-state index contributed by atoms with van der Waals surface area (Å²) < 4.78 is 38.1. The number of Topliss-reactive ketones (excluding diaryl/α,β-unsaturated/α-hetero) is 1. The normalized spacial score (nSPS) is 20.6. The molecule has 1 aliphatic rings. The first-order valence-corrected chi connectivity index (χ1v) is 8.41. The molecule has 3 nitrogen and oxygen atoms in total. The van der Waals surface area contributed by atoms with Crippen LogP contribution in [0.4, 0.5) is 13.2 Å². The van der Waals surface area contributed by atoms with Crippen LogP contribution in [0.3, 0.4) is 0 Å². The van der Waals surface area contributed by atoms with Crippen LogP contribution in [0, 0.1) is 5.92 Å². The van der Waals surface area contributed by atoms with E-state index in [1.54, 1.807) is 0 Å². The van der Waals surface area contributed by atoms with Crippen molar-refractivity contribution in [2.75, 3.05) is 0 Å². The number of carbonyl (C=O) groups is 1. The highest BCUT2D eigenvalue weighted by atomic mass is 35.5. The summed E-state index contributed by atoms with van der Waals surface area (Å²) in [5.41, 5.74) is 0.337. The molecule has 1 aliphatic carbocycles. The maximum Gasteiger partial charge on any atom is 0.416 e. The van der Waals surface area contributed by atoms with Crippen LogP contribution in [0.1, 0.15) is 53.2 Å². The van der Waals surface area contributed by atoms with E-state index in [1.807, 2.05) is 0 Å². The molecule has 2 aromatic rings. The molecule has 1 saturated carbocycles. The van der Waals surface area contributed by atoms with Crippen molar-refractivity contribution in [3.63, 3.8) is 0 Å². The van der Waals surface area contributed by atoms with Gasteiger partial charge in [-0.05, 0) is 42.4 Å². The smallest absolute Gasteiger partial charge is 0.292 e. The number of halogens is 4. The Morgan fingerprint density at radius 3 is 2.44 bits per heavy atom. The molecule has 1 heterocycles. The molecule has 0 unspecified atom stereocenters. The Morgan fingerprint density at radius 2 is 1.80 bits per heavy atom. The van der Waals surface area contributed by atoms with Crippen LogP contribution in [0.5, 0.6) is 0 Å². The fraction of sp³-hybridized carbons (Fsp3) is 0.389. The number of hydrogen-bond donors (Lipinski definition) is 0. The molecule has 1 aromatic heterocycles. The lowest BCUT2D eigenvalue weighted by Crippen LogP contribution is -2.14. The van der Waals surface area contributed by atoms with Gasteiger partial charge in [-0.15, -0.1) is 0 Å². The minimum absolute atomic E-state index is 0.0710. The maximum absolute atomic E-state index is 12.7. The zero-order valence-electron chi connectivity index (χ0n) is 13.3. The standard InChI is InChI=1S/C18H16ClF3N2O/c19-17-16(23-8-9-24-17)15(25)10-12-2-1-3-14(12)11-4-6-13(7-5-11)18(20,21)22/h4-9,12,14H,1-3,10H2/t12-,14+/m0/s1. The van der Waals surface area contributed by atoms with Gasteiger partial charge in [-0.3, -0.25) is 4.79 Å². The minimum atomic E-state index is -4.34. The molecule has 3 rings (SSSR count). The van der Waals surface area contributed by atoms with Gasteiger partial charge in [0, 0.05) is 18.8 Å². The number of aromatic nitrogens is 2. The van der Waals surface area contributed by atoms with E-state index in [0.717, 1.165) is 37.0 Å². The molecule has 0 saturated heterocycles. The van der Waals surface area contributed by atoms with Crippen molar-refractivity contribution in [3.8, 4) is 0 Å². The number of rotatable bonds is 4. The summed E-state index contributed by atoms with van der Waals surface area (Å²) in [6.07, 6.45) is 1.42. The van der Waals surface area contributed by atoms with Gasteiger partial charge in [0.15, 0.2) is 10.9 Å². The first-order valence-electron chi connectivity index (χ1n) is 8.03. The van der Waals surface area contributed by atoms with Crippen LogP contribution in [-0.4, -0.2) is 15.8 Å². The van der Waals surface area contributed by atoms with Crippen molar-refractivity contribution >= 4 is 17.4 Å². The monoisotopic (exact) mass is 368 g/mol. The number of alkyl halides is 3. The van der Waals surface area contributed by atoms with E-state index < -0.39 is 11.7 Å². The Balaban J connectivity index is 1.75. The first kappa shape index (κ1) is 17.9. The second-order valence-corrected chi connectivity index (χ2v) is 6.60. The Labute approximate surface area is 148 Å². The van der Waals surface area contributed by atoms with Gasteiger partial charge < -0.3 is 0 Å². The van der Waals surface area contributed by atoms with Gasteiger partial charge in [0.05, 0.1) is 5.56 Å². The summed E-state index contributed by atoms with van der Waals surface area (Å²) in [5.74, 6) is -0.0362. The van der Waals surface area contributed by atoms with Gasteiger partial charge in [-0.1, -0.05) is 30.2 Å². The Kier molecular flexibility index (Phi) is 5.08. The van der Waals surface area contributed by atoms with Crippen molar-refractivity contribution in [1.29, 1.82) is 0 Å². The summed E-state index contributed by atoms with van der Waals surface area (Å²) in [4.78, 5) is 20.3. The Bertz CT molecular complexity index is 762. The average Bonchev–Trinajstić information content (AvgIpc) is 3.02. The van der Waals surface area contributed by atoms with E-state index >= 15 is 0 Å². The molecule has 0 radical (unpaired) electrons. The molecule has 0 amide bonds. The van der Waals surface area contributed by atoms with E-state index in [-0.39, 0.29) is 34.9 Å². The molecule has 0 N–H and O–H groups in total. The fourth-order valence-corrected chi connectivity index (χ4v) is 3.69. The highest BCUT2D eigenvalue weighted by molar-refractivity contribution is 6.32. The molecule has 7 heteroatoms. The van der Waals surface area contributed by atoms with Crippen LogP contribution in [-0.2, 0) is 6.18 Å². The molecule has 0 bridgehead atoms. The van der Waals surface area contributed by atoms with Gasteiger partial charge in [0.2, 0.25) is 0 Å². The van der Waals surface area contributed by atoms with Crippen LogP contribution in [0.2, 0.25) is 5.15 Å². The Morgan fingerprint density at radius 1 is 1.12 bits per heavy atom. The SMILES string of the molecule is O=C(C[C@@H]1CCC[C@@H]1c1ccc(C(F)(F)F)cc1)c1nccnc1Cl. The predicted molar refractivity (Wildman–Crippen MR) is 87.5 cm³/mol. The molecule has 1 aromatic carbocycles. The lowest BCUT2D eigenvalue weighted by molar-refractivity contribution is -0.137. The lowest BCUT2D eigenvalue weighted by Gasteiger charge is -2.20. The fourth-order valence-electron chi connectivity index (χ4n) is 3.48. The lowest BCUT2D eigenvalue weighted by atomic mass is 9.85. The minimum Gasteiger partial charge on any atom is -0.292 e. The molecular formula is C18H16ClF3N2O. The van der Waals surface area contributed by atoms with E-state index in [2.05, 4.69) is 9.97 Å². The molecule has 132 valence electrons. The van der Waals surface area contributed by atoms with Crippen molar-refractivity contribution in [2.24, 2.45) is 5.92 Å². The van der Waals surface area contributed by atoms with Crippen LogP contribution < -0.4 is 0 Å². The third-order valence-corrected chi connectivity index (χ3v) is 4.97. The third-order valence-electron chi connectivity index (χ3n) is 4.69. The van der Waals surface area contributed by atoms with Crippen LogP contribution >= 0.6 is 11.6 Å². The molecule has 0 aliphatic heterocycles. The zero-order valence-corrected chi connectivity index (χ0v) is 14.0. The number of carbonyl (C=O) groups excluding carboxylic acids is 1. The second-order valence-electron chi connectivity index (χ2n) is 6.24. The van der Waals surface area contributed by atoms with Gasteiger partial charge in [0.25, 0.3) is 0 Å². The van der Waals surface area contributed by atoms with Crippen LogP contribution in [0.15, 0.2) is 36.7 Å². The van der Waals surface area contributed by atoms with Crippen molar-refractivity contribution in [1.82, 2.24) is 9.97 Å². The highest BCUT2D eigenvalue weighted by Gasteiger charge is 2.33. The largest absolute Gasteiger partial charge is 0.416 e. The van der Waals surface area contributed by atoms with Crippen molar-refractivity contribution in [2.45, 2.75) is 37.8 Å². The predicted octanol–water partition coefficient (Wildman–Crippen LogP) is 5.31. The highest BCUT2D eigenvalue weighted by Crippen LogP contribution is 2.42. The maximum atomic E-state index is 12.7. The van der Waals surface area contributed by atoms with E-state index in [9.17, 15) is 18.0 Å². The molecule has 2 atom stereocenters. The van der Waals surface area contributed by atoms with Crippen LogP contribution in [0.25, 0.3) is 0 Å². The Hall–Kier alpha value is -1.95. The summed E-state index contributed by atoms with van der Waals surface area (Å²) in [5, 5.41) is 0.0802. The van der Waals surface area contributed by atoms with Gasteiger partial charge in [0.1, 0.15) is 5.69 Å². The van der Waals surface area contributed by atoms with E-state index in [0.29, 0.717) is 0 Å². The summed E-state index contributed by atoms with van der Waals surface area (Å²) in [6, 6.07) is 5.25. The molecular weight excluding hydrogens is 353 g/mol. The number of hydrogen-bond acceptors (Lipinski definition) is 3. The number of nitrogens with zero attached hydrogens (tertiary/aromatic N) is 2. The average molecular weight is 369 g/mol.